The van der Waals surface area contributed by atoms with Crippen molar-refractivity contribution in [3.05, 3.63) is 23.7 Å². The Morgan fingerprint density at radius 1 is 1.33 bits per heavy atom. The van der Waals surface area contributed by atoms with E-state index in [0.717, 1.165) is 12.2 Å². The van der Waals surface area contributed by atoms with E-state index in [0.29, 0.717) is 38.1 Å². The van der Waals surface area contributed by atoms with Gasteiger partial charge in [0, 0.05) is 19.6 Å². The Labute approximate surface area is 141 Å². The average molecular weight is 338 g/mol. The molecule has 0 saturated heterocycles. The number of furan rings is 1. The summed E-state index contributed by atoms with van der Waals surface area (Å²) in [6, 6.07) is 3.11. The number of carbonyl (C=O) groups excluding carboxylic acids is 1. The Balaban J connectivity index is 1.86. The summed E-state index contributed by atoms with van der Waals surface area (Å²) in [4.78, 5) is 23.2. The average Bonchev–Trinajstić information content (AvgIpc) is 3.04. The Hall–Kier alpha value is -2.02. The first kappa shape index (κ1) is 18.3. The molecule has 3 N–H and O–H groups in total. The number of carbonyl (C=O) groups is 2. The van der Waals surface area contributed by atoms with Crippen LogP contribution in [0, 0.1) is 5.92 Å². The molecule has 2 amide bonds. The van der Waals surface area contributed by atoms with Crippen molar-refractivity contribution in [2.24, 2.45) is 5.92 Å². The van der Waals surface area contributed by atoms with Crippen LogP contribution in [0.2, 0.25) is 0 Å². The minimum absolute atomic E-state index is 0.00611. The molecule has 0 bridgehead atoms. The van der Waals surface area contributed by atoms with Gasteiger partial charge in [-0.25, -0.2) is 4.79 Å². The summed E-state index contributed by atoms with van der Waals surface area (Å²) in [5.41, 5.74) is 0. The van der Waals surface area contributed by atoms with E-state index >= 15 is 0 Å². The standard InChI is InChI=1S/C17H26N2O5/c1-3-13-8-9-15(24-13)14(10-23-2)19-17(22)18-12-6-4-11(5-7-12)16(20)21/h8-9,11-12,14H,3-7,10H2,1-2H3,(H,20,21)(H2,18,19,22). The number of aryl methyl sites for hydroxylation is 1. The highest BCUT2D eigenvalue weighted by Crippen LogP contribution is 2.24. The zero-order chi connectivity index (χ0) is 17.5. The molecular formula is C17H26N2O5. The molecule has 7 heteroatoms. The molecule has 1 aliphatic carbocycles. The van der Waals surface area contributed by atoms with Gasteiger partial charge in [-0.3, -0.25) is 4.79 Å². The van der Waals surface area contributed by atoms with Crippen LogP contribution >= 0.6 is 0 Å². The Bertz CT molecular complexity index is 549. The van der Waals surface area contributed by atoms with E-state index in [2.05, 4.69) is 10.6 Å². The molecular weight excluding hydrogens is 312 g/mol. The molecule has 0 spiro atoms. The van der Waals surface area contributed by atoms with Crippen molar-refractivity contribution >= 4 is 12.0 Å². The first-order valence-corrected chi connectivity index (χ1v) is 8.40. The number of carboxylic acid groups (broad SMARTS) is 1. The van der Waals surface area contributed by atoms with E-state index in [1.807, 2.05) is 19.1 Å². The van der Waals surface area contributed by atoms with Crippen LogP contribution in [0.15, 0.2) is 16.5 Å². The summed E-state index contributed by atoms with van der Waals surface area (Å²) in [5.74, 6) is 0.490. The van der Waals surface area contributed by atoms with Gasteiger partial charge in [0.25, 0.3) is 0 Å². The van der Waals surface area contributed by atoms with Gasteiger partial charge in [0.05, 0.1) is 12.5 Å². The van der Waals surface area contributed by atoms with Gasteiger partial charge < -0.3 is 24.9 Å². The Morgan fingerprint density at radius 2 is 2.04 bits per heavy atom. The highest BCUT2D eigenvalue weighted by molar-refractivity contribution is 5.75. The van der Waals surface area contributed by atoms with Gasteiger partial charge in [-0.15, -0.1) is 0 Å². The molecule has 1 saturated carbocycles. The summed E-state index contributed by atoms with van der Waals surface area (Å²) in [6.45, 7) is 2.32. The van der Waals surface area contributed by atoms with E-state index in [9.17, 15) is 9.59 Å². The molecule has 1 aromatic rings. The van der Waals surface area contributed by atoms with Crippen LogP contribution in [0.25, 0.3) is 0 Å². The monoisotopic (exact) mass is 338 g/mol. The summed E-state index contributed by atoms with van der Waals surface area (Å²) in [6.07, 6.45) is 3.35. The van der Waals surface area contributed by atoms with Gasteiger partial charge in [-0.1, -0.05) is 6.92 Å². The van der Waals surface area contributed by atoms with Gasteiger partial charge in [-0.2, -0.15) is 0 Å². The zero-order valence-electron chi connectivity index (χ0n) is 14.2. The third-order valence-electron chi connectivity index (χ3n) is 4.42. The molecule has 0 aliphatic heterocycles. The van der Waals surface area contributed by atoms with E-state index in [1.54, 1.807) is 7.11 Å². The van der Waals surface area contributed by atoms with Crippen molar-refractivity contribution in [3.63, 3.8) is 0 Å². The number of ether oxygens (including phenoxy) is 1. The van der Waals surface area contributed by atoms with Crippen LogP contribution in [0.3, 0.4) is 0 Å². The number of methoxy groups -OCH3 is 1. The second kappa shape index (κ2) is 8.73. The maximum absolute atomic E-state index is 12.2. The minimum atomic E-state index is -0.748. The molecule has 134 valence electrons. The van der Waals surface area contributed by atoms with Crippen molar-refractivity contribution in [1.82, 2.24) is 10.6 Å². The third kappa shape index (κ3) is 4.99. The molecule has 2 rings (SSSR count). The SMILES string of the molecule is CCc1ccc(C(COC)NC(=O)NC2CCC(C(=O)O)CC2)o1. The lowest BCUT2D eigenvalue weighted by molar-refractivity contribution is -0.142. The normalized spacial score (nSPS) is 21.9. The second-order valence-corrected chi connectivity index (χ2v) is 6.17. The molecule has 1 fully saturated rings. The summed E-state index contributed by atoms with van der Waals surface area (Å²) < 4.78 is 10.9. The van der Waals surface area contributed by atoms with Crippen molar-refractivity contribution in [3.8, 4) is 0 Å². The number of nitrogens with one attached hydrogen (secondary N) is 2. The third-order valence-corrected chi connectivity index (χ3v) is 4.42. The van der Waals surface area contributed by atoms with E-state index < -0.39 is 5.97 Å². The summed E-state index contributed by atoms with van der Waals surface area (Å²) in [5, 5.41) is 14.8. The van der Waals surface area contributed by atoms with Crippen LogP contribution in [0.5, 0.6) is 0 Å². The Kier molecular flexibility index (Phi) is 6.66. The molecule has 1 aliphatic rings. The van der Waals surface area contributed by atoms with Crippen LogP contribution in [-0.2, 0) is 16.0 Å². The van der Waals surface area contributed by atoms with Crippen molar-refractivity contribution in [2.45, 2.75) is 51.1 Å². The second-order valence-electron chi connectivity index (χ2n) is 6.17. The highest BCUT2D eigenvalue weighted by atomic mass is 16.5. The fraction of sp³-hybridized carbons (Fsp3) is 0.647. The number of amides is 2. The van der Waals surface area contributed by atoms with Gasteiger partial charge >= 0.3 is 12.0 Å². The van der Waals surface area contributed by atoms with Crippen LogP contribution in [0.4, 0.5) is 4.79 Å². The lowest BCUT2D eigenvalue weighted by Crippen LogP contribution is -2.45. The first-order chi connectivity index (χ1) is 11.5. The largest absolute Gasteiger partial charge is 0.481 e. The van der Waals surface area contributed by atoms with E-state index in [-0.39, 0.29) is 24.0 Å². The maximum atomic E-state index is 12.2. The minimum Gasteiger partial charge on any atom is -0.481 e. The predicted octanol–water partition coefficient (Wildman–Crippen LogP) is 2.47. The van der Waals surface area contributed by atoms with E-state index in [4.69, 9.17) is 14.3 Å². The number of carboxylic acids is 1. The number of hydrogen-bond acceptors (Lipinski definition) is 4. The van der Waals surface area contributed by atoms with E-state index in [1.165, 1.54) is 0 Å². The molecule has 1 unspecified atom stereocenters. The van der Waals surface area contributed by atoms with Gasteiger partial charge in [0.15, 0.2) is 0 Å². The molecule has 1 heterocycles. The topological polar surface area (TPSA) is 101 Å². The molecule has 1 atom stereocenters. The number of aliphatic carboxylic acids is 1. The smallest absolute Gasteiger partial charge is 0.315 e. The molecule has 1 aromatic heterocycles. The predicted molar refractivity (Wildman–Crippen MR) is 87.8 cm³/mol. The molecule has 0 radical (unpaired) electrons. The van der Waals surface area contributed by atoms with Crippen molar-refractivity contribution in [1.29, 1.82) is 0 Å². The van der Waals surface area contributed by atoms with Crippen molar-refractivity contribution < 1.29 is 23.8 Å². The zero-order valence-corrected chi connectivity index (χ0v) is 14.2. The number of hydrogen-bond donors (Lipinski definition) is 3. The van der Waals surface area contributed by atoms with Crippen LogP contribution in [0.1, 0.15) is 50.2 Å². The fourth-order valence-electron chi connectivity index (χ4n) is 3.00. The Morgan fingerprint density at radius 3 is 2.58 bits per heavy atom. The lowest BCUT2D eigenvalue weighted by Gasteiger charge is -2.27. The summed E-state index contributed by atoms with van der Waals surface area (Å²) in [7, 11) is 1.57. The number of rotatable bonds is 7. The maximum Gasteiger partial charge on any atom is 0.315 e. The van der Waals surface area contributed by atoms with Gasteiger partial charge in [0.1, 0.15) is 17.6 Å². The van der Waals surface area contributed by atoms with Crippen LogP contribution in [-0.4, -0.2) is 36.9 Å². The number of urea groups is 1. The van der Waals surface area contributed by atoms with Gasteiger partial charge in [0.2, 0.25) is 0 Å². The highest BCUT2D eigenvalue weighted by Gasteiger charge is 2.27. The first-order valence-electron chi connectivity index (χ1n) is 8.40. The lowest BCUT2D eigenvalue weighted by atomic mass is 9.86. The fourth-order valence-corrected chi connectivity index (χ4v) is 3.00. The molecule has 0 aromatic carbocycles. The summed E-state index contributed by atoms with van der Waals surface area (Å²) >= 11 is 0. The quantitative estimate of drug-likeness (QED) is 0.709. The molecule has 7 nitrogen and oxygen atoms in total. The van der Waals surface area contributed by atoms with Crippen LogP contribution < -0.4 is 10.6 Å². The molecule has 24 heavy (non-hydrogen) atoms. The van der Waals surface area contributed by atoms with Gasteiger partial charge in [-0.05, 0) is 37.8 Å². The van der Waals surface area contributed by atoms with Crippen molar-refractivity contribution in [2.75, 3.05) is 13.7 Å².